The van der Waals surface area contributed by atoms with Gasteiger partial charge in [0.15, 0.2) is 5.71 Å². The summed E-state index contributed by atoms with van der Waals surface area (Å²) < 4.78 is 213. The molecule has 12 aromatic rings. The van der Waals surface area contributed by atoms with Crippen LogP contribution >= 0.6 is 0 Å². The first kappa shape index (κ1) is 93.0. The summed E-state index contributed by atoms with van der Waals surface area (Å²) in [4.78, 5) is 85.9. The number of halogens is 8. The van der Waals surface area contributed by atoms with Gasteiger partial charge < -0.3 is 39.5 Å². The third-order valence-electron chi connectivity index (χ3n) is 25.0. The Labute approximate surface area is 761 Å². The lowest BCUT2D eigenvalue weighted by atomic mass is 9.80. The van der Waals surface area contributed by atoms with Gasteiger partial charge in [-0.05, 0) is 155 Å². The van der Waals surface area contributed by atoms with Crippen LogP contribution in [0.4, 0.5) is 81.7 Å². The molecule has 8 aromatic heterocycles. The number of sulfonamides is 4. The molecule has 4 aliphatic heterocycles. The van der Waals surface area contributed by atoms with Gasteiger partial charge in [-0.2, -0.15) is 52.8 Å². The Balaban J connectivity index is 0.000000125. The SMILES string of the molecule is CC1=NNC(=O)C2(CCCCC2)n2c1cc1cnc(Nc3ccc(S(N)(=O)=O)cc3F)nc12.CN1N=Cc2cc3cnc(Nc4ccc(S(N)(=O)=O)cc4F)nc3n2C2(CCCCC2)C1=O.NS(=O)(=O)c1ccc(Nc2ncc3cc4n(c3n2)C2(CCCCC2)C(=O)NN=C4C(F)(F)F)c(F)c1.NS(=O)(=O)c1ccc(Nc2ncc3cc4n(c3n2)C2(CCCCC2)C(=O)NN=C4F)c(F)c1. The summed E-state index contributed by atoms with van der Waals surface area (Å²) in [5.74, 6) is -5.62. The first-order valence-electron chi connectivity index (χ1n) is 42.1. The minimum absolute atomic E-state index is 0.00542. The number of alkyl halides is 3. The number of rotatable bonds is 12. The second-order valence-corrected chi connectivity index (χ2v) is 39.7. The van der Waals surface area contributed by atoms with E-state index in [0.29, 0.717) is 85.5 Å². The molecule has 0 unspecified atom stereocenters. The van der Waals surface area contributed by atoms with E-state index >= 15 is 0 Å². The fourth-order valence-electron chi connectivity index (χ4n) is 18.5. The van der Waals surface area contributed by atoms with Crippen LogP contribution in [-0.4, -0.2) is 157 Å². The van der Waals surface area contributed by atoms with Crippen LogP contribution in [-0.2, 0) is 81.4 Å². The first-order valence-corrected chi connectivity index (χ1v) is 48.3. The number of anilines is 8. The summed E-state index contributed by atoms with van der Waals surface area (Å²) in [5, 5.41) is 50.1. The quantitative estimate of drug-likeness (QED) is 0.0506. The number of hydrogen-bond acceptors (Lipinski definition) is 28. The fraction of sp³-hybridized carbons (Fsp3) is 0.325. The van der Waals surface area contributed by atoms with E-state index in [-0.39, 0.29) is 108 Å². The lowest BCUT2D eigenvalue weighted by Gasteiger charge is -2.38. The smallest absolute Gasteiger partial charge is 0.322 e. The number of carbonyl (C=O) groups excluding carboxylic acids is 4. The third-order valence-corrected chi connectivity index (χ3v) is 28.6. The molecule has 4 fully saturated rings. The molecule has 0 radical (unpaired) electrons. The fourth-order valence-corrected chi connectivity index (χ4v) is 20.6. The van der Waals surface area contributed by atoms with Gasteiger partial charge in [0.25, 0.3) is 29.6 Å². The number of hydrogen-bond donors (Lipinski definition) is 11. The van der Waals surface area contributed by atoms with Crippen molar-refractivity contribution >= 4 is 178 Å². The van der Waals surface area contributed by atoms with Gasteiger partial charge in [-0.25, -0.2) is 113 Å². The average Bonchev–Trinajstić information content (AvgIpc) is 1.59. The van der Waals surface area contributed by atoms with E-state index in [1.807, 2.05) is 28.2 Å². The van der Waals surface area contributed by atoms with Crippen LogP contribution in [0.25, 0.3) is 44.1 Å². The minimum Gasteiger partial charge on any atom is -0.322 e. The van der Waals surface area contributed by atoms with Gasteiger partial charge in [-0.3, -0.25) is 19.2 Å². The highest BCUT2D eigenvalue weighted by atomic mass is 32.2. The summed E-state index contributed by atoms with van der Waals surface area (Å²) in [6, 6.07) is 19.2. The molecule has 0 bridgehead atoms. The number of primary sulfonamides is 4. The van der Waals surface area contributed by atoms with Crippen LogP contribution in [0.2, 0.25) is 0 Å². The van der Waals surface area contributed by atoms with Gasteiger partial charge in [0, 0.05) is 53.4 Å². The van der Waals surface area contributed by atoms with Crippen molar-refractivity contribution in [3.8, 4) is 0 Å². The zero-order chi connectivity index (χ0) is 96.0. The van der Waals surface area contributed by atoms with Crippen molar-refractivity contribution in [1.82, 2.24) is 79.4 Å². The van der Waals surface area contributed by atoms with Crippen molar-refractivity contribution in [1.29, 1.82) is 0 Å². The van der Waals surface area contributed by atoms with Crippen molar-refractivity contribution in [2.45, 2.75) is 183 Å². The van der Waals surface area contributed by atoms with Gasteiger partial charge in [-0.15, -0.1) is 5.10 Å². The topological polar surface area (TPSA) is 569 Å². The molecular formula is C83H82F8N28O12S4. The maximum Gasteiger partial charge on any atom is 0.437 e. The van der Waals surface area contributed by atoms with Gasteiger partial charge in [-0.1, -0.05) is 77.0 Å². The molecule has 40 nitrogen and oxygen atoms in total. The maximum absolute atomic E-state index is 14.8. The zero-order valence-electron chi connectivity index (χ0n) is 71.2. The number of hydrazone groups is 4. The van der Waals surface area contributed by atoms with Crippen molar-refractivity contribution in [3.63, 3.8) is 0 Å². The number of amides is 4. The lowest BCUT2D eigenvalue weighted by Crippen LogP contribution is -2.48. The molecule has 4 saturated carbocycles. The number of nitrogens with one attached hydrogen (secondary N) is 7. The Bertz CT molecular complexity index is 7330. The minimum atomic E-state index is -4.86. The summed E-state index contributed by atoms with van der Waals surface area (Å²) >= 11 is 0. The summed E-state index contributed by atoms with van der Waals surface area (Å²) in [5.41, 5.74) is 4.92. The monoisotopic (exact) mass is 1940 g/mol. The molecule has 4 spiro atoms. The highest BCUT2D eigenvalue weighted by Crippen LogP contribution is 2.47. The van der Waals surface area contributed by atoms with Crippen LogP contribution in [0.5, 0.6) is 0 Å². The molecule has 12 heterocycles. The lowest BCUT2D eigenvalue weighted by molar-refractivity contribution is -0.141. The van der Waals surface area contributed by atoms with Gasteiger partial charge in [0.05, 0.1) is 71.3 Å². The standard InChI is InChI=1S/C21H19F4N7O3S.2C21H22FN7O3S.C20H19F2N7O3S/c22-13-9-12(36(26,34)35)4-5-14(13)28-19-27-10-11-8-15-16(21(23,24)25)30-31-18(33)20(6-2-1-3-7-20)32(15)17(11)29-19;1-28-19(30)21(7-3-2-4-8-21)29-14(12-25-28)9-13-11-24-20(27-18(13)29)26-17-6-5-15(10-16(17)22)33(23,31)32;1-12-17-9-13-11-24-20(25-16-6-5-14(10-15(16)22)33(23,31)32)26-18(13)29(17)21(19(30)28-27-12)7-3-2-4-8-21;21-13-9-12(33(23,31)32)4-5-14(13)25-19-24-10-11-8-15-16(22)27-28-18(30)20(6-2-1-3-7-20)29(15)17(11)26-19/h4-5,8-10H,1-3,6-7H2,(H,31,33)(H2,26,34,35)(H,27,28,29);5-6,9-12H,2-4,7-8H2,1H3,(H2,23,31,32)(H,24,26,27);5-6,9-11H,2-4,7-8H2,1H3,(H,28,30)(H2,23,31,32)(H,24,25,26);4-5,8-10H,1-3,6-7H2,(H,28,30)(H2,23,31,32)(H,24,25,26). The number of nitrogens with two attached hydrogens (primary N) is 4. The number of fused-ring (bicyclic) bond motifs is 16. The van der Waals surface area contributed by atoms with E-state index in [1.54, 1.807) is 30.2 Å². The predicted octanol–water partition coefficient (Wildman–Crippen LogP) is 10.3. The van der Waals surface area contributed by atoms with Crippen LogP contribution in [0.1, 0.15) is 158 Å². The molecule has 0 atom stereocenters. The summed E-state index contributed by atoms with van der Waals surface area (Å²) in [7, 11) is -14.6. The van der Waals surface area contributed by atoms with Gasteiger partial charge in [0.2, 0.25) is 63.9 Å². The van der Waals surface area contributed by atoms with E-state index in [2.05, 4.69) is 97.8 Å². The predicted molar refractivity (Wildman–Crippen MR) is 476 cm³/mol. The van der Waals surface area contributed by atoms with Crippen molar-refractivity contribution in [3.05, 3.63) is 168 Å². The second-order valence-electron chi connectivity index (χ2n) is 33.5. The van der Waals surface area contributed by atoms with Crippen LogP contribution in [0.3, 0.4) is 0 Å². The normalized spacial score (nSPS) is 17.9. The molecule has 52 heteroatoms. The molecular weight excluding hydrogens is 1860 g/mol. The van der Waals surface area contributed by atoms with Crippen molar-refractivity contribution in [2.24, 2.45) is 41.0 Å². The first-order chi connectivity index (χ1) is 64.0. The zero-order valence-corrected chi connectivity index (χ0v) is 74.5. The number of benzene rings is 4. The van der Waals surface area contributed by atoms with E-state index in [4.69, 9.17) is 20.6 Å². The van der Waals surface area contributed by atoms with E-state index in [0.717, 1.165) is 123 Å². The highest BCUT2D eigenvalue weighted by Gasteiger charge is 2.52. The Morgan fingerprint density at radius 3 is 1.01 bits per heavy atom. The van der Waals surface area contributed by atoms with Gasteiger partial charge in [0.1, 0.15) is 73.7 Å². The average molecular weight is 1940 g/mol. The molecule has 135 heavy (non-hydrogen) atoms. The molecule has 4 aliphatic carbocycles. The van der Waals surface area contributed by atoms with Crippen LogP contribution in [0.15, 0.2) is 162 Å². The molecule has 706 valence electrons. The van der Waals surface area contributed by atoms with Crippen molar-refractivity contribution in [2.75, 3.05) is 28.3 Å². The largest absolute Gasteiger partial charge is 0.437 e. The Morgan fingerprint density at radius 1 is 0.378 bits per heavy atom. The molecule has 4 amide bonds. The summed E-state index contributed by atoms with van der Waals surface area (Å²) in [6.45, 7) is 1.82. The van der Waals surface area contributed by atoms with Crippen LogP contribution in [0, 0.1) is 23.3 Å². The number of likely N-dealkylation sites (N-methyl/N-ethyl adjacent to an activating group) is 1. The van der Waals surface area contributed by atoms with E-state index in [1.165, 1.54) is 64.4 Å². The number of carbonyl (C=O) groups is 4. The highest BCUT2D eigenvalue weighted by molar-refractivity contribution is 7.90. The molecule has 15 N–H and O–H groups in total. The third kappa shape index (κ3) is 17.7. The molecule has 8 aliphatic rings. The van der Waals surface area contributed by atoms with E-state index < -0.39 is 120 Å². The molecule has 4 aromatic carbocycles. The van der Waals surface area contributed by atoms with Gasteiger partial charge >= 0.3 is 6.18 Å². The van der Waals surface area contributed by atoms with E-state index in [9.17, 15) is 88.0 Å². The number of aromatic nitrogens is 12. The Hall–Kier alpha value is -13.8. The van der Waals surface area contributed by atoms with Crippen LogP contribution < -0.4 is 58.1 Å². The molecule has 20 rings (SSSR count). The maximum atomic E-state index is 14.8. The molecule has 0 saturated heterocycles. The second kappa shape index (κ2) is 35.2. The Morgan fingerprint density at radius 2 is 0.674 bits per heavy atom. The number of nitrogens with zero attached hydrogens (tertiary/aromatic N) is 17. The summed E-state index contributed by atoms with van der Waals surface area (Å²) in [6.07, 6.45) is 17.2. The Kier molecular flexibility index (Phi) is 24.3. The van der Waals surface area contributed by atoms with Crippen molar-refractivity contribution < 1.29 is 88.0 Å².